The van der Waals surface area contributed by atoms with E-state index in [2.05, 4.69) is 18.2 Å². The number of carbonyl (C=O) groups is 1. The molecule has 3 rings (SSSR count). The van der Waals surface area contributed by atoms with Crippen LogP contribution < -0.4 is 4.74 Å². The van der Waals surface area contributed by atoms with Crippen molar-refractivity contribution < 1.29 is 9.53 Å². The van der Waals surface area contributed by atoms with Gasteiger partial charge in [0.2, 0.25) is 0 Å². The van der Waals surface area contributed by atoms with Crippen molar-refractivity contribution in [1.29, 1.82) is 0 Å². The first kappa shape index (κ1) is 15.6. The van der Waals surface area contributed by atoms with Crippen molar-refractivity contribution in [1.82, 2.24) is 4.90 Å². The lowest BCUT2D eigenvalue weighted by atomic mass is 10.0. The minimum absolute atomic E-state index is 0.134. The molecule has 1 atom stereocenters. The minimum atomic E-state index is 0.134. The van der Waals surface area contributed by atoms with E-state index in [0.29, 0.717) is 0 Å². The molecule has 2 aromatic carbocycles. The number of aryl methyl sites for hydroxylation is 2. The average Bonchev–Trinajstić information content (AvgIpc) is 3.03. The summed E-state index contributed by atoms with van der Waals surface area (Å²) in [7, 11) is 1.67. The van der Waals surface area contributed by atoms with Crippen molar-refractivity contribution in [3.8, 4) is 5.75 Å². The largest absolute Gasteiger partial charge is 0.497 e. The first-order chi connectivity index (χ1) is 11.1. The van der Waals surface area contributed by atoms with E-state index in [9.17, 15) is 4.79 Å². The molecule has 1 fully saturated rings. The quantitative estimate of drug-likeness (QED) is 0.846. The third-order valence-corrected chi connectivity index (χ3v) is 4.48. The Labute approximate surface area is 137 Å². The van der Waals surface area contributed by atoms with Gasteiger partial charge in [-0.3, -0.25) is 4.79 Å². The molecule has 1 heterocycles. The SMILES string of the molecule is COc1ccc([C@H]2CCCN2C(=O)c2cc(C)cc(C)c2)cc1. The minimum Gasteiger partial charge on any atom is -0.497 e. The summed E-state index contributed by atoms with van der Waals surface area (Å²) in [5.74, 6) is 0.981. The van der Waals surface area contributed by atoms with Crippen LogP contribution in [-0.2, 0) is 0 Å². The average molecular weight is 309 g/mol. The molecule has 0 bridgehead atoms. The Balaban J connectivity index is 1.86. The number of amides is 1. The molecule has 1 aliphatic heterocycles. The molecule has 0 radical (unpaired) electrons. The molecule has 3 heteroatoms. The monoisotopic (exact) mass is 309 g/mol. The van der Waals surface area contributed by atoms with Crippen LogP contribution in [0, 0.1) is 13.8 Å². The van der Waals surface area contributed by atoms with Crippen LogP contribution in [0.5, 0.6) is 5.75 Å². The van der Waals surface area contributed by atoms with E-state index in [1.807, 2.05) is 43.0 Å². The highest BCUT2D eigenvalue weighted by molar-refractivity contribution is 5.95. The lowest BCUT2D eigenvalue weighted by Gasteiger charge is -2.25. The van der Waals surface area contributed by atoms with E-state index in [4.69, 9.17) is 4.74 Å². The third kappa shape index (κ3) is 3.24. The van der Waals surface area contributed by atoms with Gasteiger partial charge in [0.15, 0.2) is 0 Å². The highest BCUT2D eigenvalue weighted by Crippen LogP contribution is 2.34. The normalized spacial score (nSPS) is 17.3. The molecule has 0 spiro atoms. The molecule has 2 aromatic rings. The number of likely N-dealkylation sites (tertiary alicyclic amines) is 1. The number of nitrogens with zero attached hydrogens (tertiary/aromatic N) is 1. The summed E-state index contributed by atoms with van der Waals surface area (Å²) in [5.41, 5.74) is 4.24. The van der Waals surface area contributed by atoms with E-state index in [0.717, 1.165) is 41.8 Å². The van der Waals surface area contributed by atoms with Crippen LogP contribution in [0.4, 0.5) is 0 Å². The molecule has 0 N–H and O–H groups in total. The fourth-order valence-corrected chi connectivity index (χ4v) is 3.45. The first-order valence-corrected chi connectivity index (χ1v) is 8.11. The summed E-state index contributed by atoms with van der Waals surface area (Å²) in [5, 5.41) is 0. The standard InChI is InChI=1S/C20H23NO2/c1-14-11-15(2)13-17(12-14)20(22)21-10-4-5-19(21)16-6-8-18(23-3)9-7-16/h6-9,11-13,19H,4-5,10H2,1-3H3/t19-/m1/s1. The predicted molar refractivity (Wildman–Crippen MR) is 91.9 cm³/mol. The summed E-state index contributed by atoms with van der Waals surface area (Å²) in [6, 6.07) is 14.3. The smallest absolute Gasteiger partial charge is 0.254 e. The van der Waals surface area contributed by atoms with Crippen molar-refractivity contribution in [3.63, 3.8) is 0 Å². The van der Waals surface area contributed by atoms with Crippen molar-refractivity contribution in [2.24, 2.45) is 0 Å². The summed E-state index contributed by atoms with van der Waals surface area (Å²) in [6.07, 6.45) is 2.07. The fraction of sp³-hybridized carbons (Fsp3) is 0.350. The number of hydrogen-bond acceptors (Lipinski definition) is 2. The summed E-state index contributed by atoms with van der Waals surface area (Å²) < 4.78 is 5.22. The molecule has 1 aliphatic rings. The molecular weight excluding hydrogens is 286 g/mol. The van der Waals surface area contributed by atoms with Crippen LogP contribution in [-0.4, -0.2) is 24.5 Å². The number of carbonyl (C=O) groups excluding carboxylic acids is 1. The second kappa shape index (κ2) is 6.45. The van der Waals surface area contributed by atoms with Gasteiger partial charge in [-0.15, -0.1) is 0 Å². The molecule has 23 heavy (non-hydrogen) atoms. The molecule has 3 nitrogen and oxygen atoms in total. The molecule has 1 amide bonds. The number of hydrogen-bond donors (Lipinski definition) is 0. The van der Waals surface area contributed by atoms with Crippen molar-refractivity contribution in [3.05, 3.63) is 64.7 Å². The summed E-state index contributed by atoms with van der Waals surface area (Å²) in [4.78, 5) is 15.0. The van der Waals surface area contributed by atoms with E-state index in [1.165, 1.54) is 5.56 Å². The van der Waals surface area contributed by atoms with Crippen molar-refractivity contribution in [2.75, 3.05) is 13.7 Å². The highest BCUT2D eigenvalue weighted by Gasteiger charge is 2.30. The maximum Gasteiger partial charge on any atom is 0.254 e. The Morgan fingerprint density at radius 2 is 1.74 bits per heavy atom. The fourth-order valence-electron chi connectivity index (χ4n) is 3.45. The van der Waals surface area contributed by atoms with E-state index in [-0.39, 0.29) is 11.9 Å². The third-order valence-electron chi connectivity index (χ3n) is 4.48. The van der Waals surface area contributed by atoms with Crippen LogP contribution in [0.3, 0.4) is 0 Å². The van der Waals surface area contributed by atoms with E-state index < -0.39 is 0 Å². The summed E-state index contributed by atoms with van der Waals surface area (Å²) in [6.45, 7) is 4.89. The van der Waals surface area contributed by atoms with Gasteiger partial charge in [0.25, 0.3) is 5.91 Å². The topological polar surface area (TPSA) is 29.5 Å². The number of methoxy groups -OCH3 is 1. The Morgan fingerprint density at radius 3 is 2.35 bits per heavy atom. The van der Waals surface area contributed by atoms with Crippen molar-refractivity contribution in [2.45, 2.75) is 32.7 Å². The van der Waals surface area contributed by atoms with Crippen LogP contribution in [0.1, 0.15) is 45.9 Å². The van der Waals surface area contributed by atoms with Gasteiger partial charge in [-0.05, 0) is 56.5 Å². The van der Waals surface area contributed by atoms with Crippen LogP contribution in [0.15, 0.2) is 42.5 Å². The van der Waals surface area contributed by atoms with Gasteiger partial charge in [0.05, 0.1) is 13.2 Å². The molecular formula is C20H23NO2. The Kier molecular flexibility index (Phi) is 4.37. The molecule has 0 saturated carbocycles. The van der Waals surface area contributed by atoms with Gasteiger partial charge < -0.3 is 9.64 Å². The van der Waals surface area contributed by atoms with E-state index >= 15 is 0 Å². The number of benzene rings is 2. The summed E-state index contributed by atoms with van der Waals surface area (Å²) >= 11 is 0. The van der Waals surface area contributed by atoms with Gasteiger partial charge in [-0.1, -0.05) is 29.3 Å². The first-order valence-electron chi connectivity index (χ1n) is 8.11. The second-order valence-corrected chi connectivity index (χ2v) is 6.31. The Hall–Kier alpha value is -2.29. The number of ether oxygens (including phenoxy) is 1. The van der Waals surface area contributed by atoms with Crippen LogP contribution in [0.25, 0.3) is 0 Å². The lowest BCUT2D eigenvalue weighted by molar-refractivity contribution is 0.0735. The molecule has 120 valence electrons. The van der Waals surface area contributed by atoms with Gasteiger partial charge in [0.1, 0.15) is 5.75 Å². The Bertz CT molecular complexity index is 686. The zero-order valence-corrected chi connectivity index (χ0v) is 14.0. The van der Waals surface area contributed by atoms with Crippen LogP contribution in [0.2, 0.25) is 0 Å². The van der Waals surface area contributed by atoms with Gasteiger partial charge in [-0.2, -0.15) is 0 Å². The maximum absolute atomic E-state index is 13.0. The second-order valence-electron chi connectivity index (χ2n) is 6.31. The molecule has 0 aromatic heterocycles. The van der Waals surface area contributed by atoms with E-state index in [1.54, 1.807) is 7.11 Å². The zero-order valence-electron chi connectivity index (χ0n) is 14.0. The molecule has 0 unspecified atom stereocenters. The number of rotatable bonds is 3. The molecule has 1 saturated heterocycles. The Morgan fingerprint density at radius 1 is 1.09 bits per heavy atom. The van der Waals surface area contributed by atoms with Crippen LogP contribution >= 0.6 is 0 Å². The van der Waals surface area contributed by atoms with Crippen molar-refractivity contribution >= 4 is 5.91 Å². The van der Waals surface area contributed by atoms with Gasteiger partial charge in [-0.25, -0.2) is 0 Å². The molecule has 0 aliphatic carbocycles. The zero-order chi connectivity index (χ0) is 16.4. The predicted octanol–water partition coefficient (Wildman–Crippen LogP) is 4.29. The van der Waals surface area contributed by atoms with Gasteiger partial charge in [0, 0.05) is 12.1 Å². The maximum atomic E-state index is 13.0. The van der Waals surface area contributed by atoms with Gasteiger partial charge >= 0.3 is 0 Å². The lowest BCUT2D eigenvalue weighted by Crippen LogP contribution is -2.30. The highest BCUT2D eigenvalue weighted by atomic mass is 16.5.